The molecule has 3 rings (SSSR count). The number of benzene rings is 1. The molecular weight excluding hydrogens is 404 g/mol. The number of carbonyl (C=O) groups excluding carboxylic acids is 1. The second-order valence-corrected chi connectivity index (χ2v) is 9.88. The third-order valence-corrected chi connectivity index (χ3v) is 6.92. The third-order valence-electron chi connectivity index (χ3n) is 5.32. The zero-order valence-corrected chi connectivity index (χ0v) is 17.8. The molecule has 1 atom stereocenters. The van der Waals surface area contributed by atoms with Crippen molar-refractivity contribution >= 4 is 27.5 Å². The van der Waals surface area contributed by atoms with Crippen molar-refractivity contribution in [3.8, 4) is 5.75 Å². The number of methoxy groups -OCH3 is 1. The van der Waals surface area contributed by atoms with Crippen LogP contribution in [-0.2, 0) is 14.8 Å². The lowest BCUT2D eigenvalue weighted by molar-refractivity contribution is 0.0775. The Kier molecular flexibility index (Phi) is 6.85. The number of halogens is 1. The number of piperidine rings is 1. The monoisotopic (exact) mass is 430 g/mol. The predicted molar refractivity (Wildman–Crippen MR) is 107 cm³/mol. The first-order chi connectivity index (χ1) is 13.3. The molecule has 0 N–H and O–H groups in total. The maximum absolute atomic E-state index is 12.7. The highest BCUT2D eigenvalue weighted by atomic mass is 35.5. The molecule has 1 amide bonds. The highest BCUT2D eigenvalue weighted by Gasteiger charge is 2.28. The normalized spacial score (nSPS) is 21.8. The van der Waals surface area contributed by atoms with E-state index in [1.807, 2.05) is 4.90 Å². The van der Waals surface area contributed by atoms with Crippen LogP contribution in [0.15, 0.2) is 18.2 Å². The number of likely N-dealkylation sites (tertiary alicyclic amines) is 1. The largest absolute Gasteiger partial charge is 0.489 e. The van der Waals surface area contributed by atoms with Gasteiger partial charge in [0.25, 0.3) is 5.91 Å². The van der Waals surface area contributed by atoms with Crippen LogP contribution in [0.5, 0.6) is 5.75 Å². The number of ether oxygens (including phenoxy) is 2. The summed E-state index contributed by atoms with van der Waals surface area (Å²) in [5.41, 5.74) is 0.544. The molecule has 0 radical (unpaired) electrons. The number of amides is 1. The van der Waals surface area contributed by atoms with E-state index in [4.69, 9.17) is 21.1 Å². The minimum atomic E-state index is -3.16. The van der Waals surface area contributed by atoms with E-state index in [0.717, 1.165) is 13.0 Å². The standard InChI is InChI=1S/C19H27ClN2O5S/c1-26-13-14-5-8-21(12-14)19(23)15-3-4-18(17(20)11-15)27-16-6-9-22(10-7-16)28(2,24)25/h3-4,11,14,16H,5-10,12-13H2,1-2H3/t14-/m0/s1. The van der Waals surface area contributed by atoms with Gasteiger partial charge in [0.15, 0.2) is 0 Å². The quantitative estimate of drug-likeness (QED) is 0.691. The summed E-state index contributed by atoms with van der Waals surface area (Å²) in [6.07, 6.45) is 3.29. The van der Waals surface area contributed by atoms with Gasteiger partial charge in [-0.15, -0.1) is 0 Å². The molecule has 0 unspecified atom stereocenters. The van der Waals surface area contributed by atoms with E-state index in [9.17, 15) is 13.2 Å². The van der Waals surface area contributed by atoms with Gasteiger partial charge in [0, 0.05) is 44.8 Å². The van der Waals surface area contributed by atoms with E-state index in [2.05, 4.69) is 0 Å². The summed E-state index contributed by atoms with van der Waals surface area (Å²) in [4.78, 5) is 14.5. The summed E-state index contributed by atoms with van der Waals surface area (Å²) in [5, 5.41) is 0.393. The van der Waals surface area contributed by atoms with Crippen LogP contribution in [0.1, 0.15) is 29.6 Å². The predicted octanol–water partition coefficient (Wildman–Crippen LogP) is 2.25. The molecule has 7 nitrogen and oxygen atoms in total. The van der Waals surface area contributed by atoms with Crippen molar-refractivity contribution in [1.82, 2.24) is 9.21 Å². The van der Waals surface area contributed by atoms with E-state index in [1.54, 1.807) is 25.3 Å². The summed E-state index contributed by atoms with van der Waals surface area (Å²) in [6.45, 7) is 2.96. The highest BCUT2D eigenvalue weighted by molar-refractivity contribution is 7.88. The Morgan fingerprint density at radius 2 is 1.93 bits per heavy atom. The molecule has 2 aliphatic rings. The maximum atomic E-state index is 12.7. The van der Waals surface area contributed by atoms with E-state index >= 15 is 0 Å². The molecule has 2 heterocycles. The molecule has 2 fully saturated rings. The number of hydrogen-bond acceptors (Lipinski definition) is 5. The lowest BCUT2D eigenvalue weighted by Crippen LogP contribution is -2.41. The lowest BCUT2D eigenvalue weighted by atomic mass is 10.1. The molecule has 0 bridgehead atoms. The van der Waals surface area contributed by atoms with E-state index in [-0.39, 0.29) is 12.0 Å². The Morgan fingerprint density at radius 3 is 2.54 bits per heavy atom. The SMILES string of the molecule is COC[C@H]1CCN(C(=O)c2ccc(OC3CCN(S(C)(=O)=O)CC3)c(Cl)c2)C1. The van der Waals surface area contributed by atoms with E-state index in [0.29, 0.717) is 61.3 Å². The fraction of sp³-hybridized carbons (Fsp3) is 0.632. The smallest absolute Gasteiger partial charge is 0.253 e. The number of nitrogens with zero attached hydrogens (tertiary/aromatic N) is 2. The Labute approximate surface area is 171 Å². The van der Waals surface area contributed by atoms with Crippen LogP contribution in [0.25, 0.3) is 0 Å². The highest BCUT2D eigenvalue weighted by Crippen LogP contribution is 2.30. The molecule has 0 aromatic heterocycles. The third kappa shape index (κ3) is 5.17. The Hall–Kier alpha value is -1.35. The Morgan fingerprint density at radius 1 is 1.21 bits per heavy atom. The van der Waals surface area contributed by atoms with Crippen molar-refractivity contribution in [2.45, 2.75) is 25.4 Å². The van der Waals surface area contributed by atoms with Crippen LogP contribution in [-0.4, -0.2) is 75.8 Å². The van der Waals surface area contributed by atoms with Gasteiger partial charge >= 0.3 is 0 Å². The summed E-state index contributed by atoms with van der Waals surface area (Å²) in [6, 6.07) is 5.11. The van der Waals surface area contributed by atoms with Gasteiger partial charge < -0.3 is 14.4 Å². The summed E-state index contributed by atoms with van der Waals surface area (Å²) >= 11 is 6.36. The molecule has 156 valence electrons. The Balaban J connectivity index is 1.58. The van der Waals surface area contributed by atoms with E-state index in [1.165, 1.54) is 10.6 Å². The molecule has 9 heteroatoms. The maximum Gasteiger partial charge on any atom is 0.253 e. The summed E-state index contributed by atoms with van der Waals surface area (Å²) in [5.74, 6) is 0.869. The van der Waals surface area contributed by atoms with Crippen molar-refractivity contribution in [1.29, 1.82) is 0 Å². The van der Waals surface area contributed by atoms with Crippen molar-refractivity contribution in [3.63, 3.8) is 0 Å². The van der Waals surface area contributed by atoms with Gasteiger partial charge in [-0.1, -0.05) is 11.6 Å². The second kappa shape index (κ2) is 8.98. The lowest BCUT2D eigenvalue weighted by Gasteiger charge is -2.30. The number of hydrogen-bond donors (Lipinski definition) is 0. The van der Waals surface area contributed by atoms with Crippen molar-refractivity contribution < 1.29 is 22.7 Å². The number of carbonyl (C=O) groups is 1. The van der Waals surface area contributed by atoms with Crippen molar-refractivity contribution in [2.24, 2.45) is 5.92 Å². The zero-order chi connectivity index (χ0) is 20.3. The summed E-state index contributed by atoms with van der Waals surface area (Å²) < 4.78 is 35.8. The minimum absolute atomic E-state index is 0.0338. The fourth-order valence-electron chi connectivity index (χ4n) is 3.76. The van der Waals surface area contributed by atoms with Crippen LogP contribution in [0, 0.1) is 5.92 Å². The van der Waals surface area contributed by atoms with Crippen LogP contribution in [0.4, 0.5) is 0 Å². The molecular formula is C19H27ClN2O5S. The summed E-state index contributed by atoms with van der Waals surface area (Å²) in [7, 11) is -1.49. The van der Waals surface area contributed by atoms with E-state index < -0.39 is 10.0 Å². The second-order valence-electron chi connectivity index (χ2n) is 7.49. The molecule has 2 aliphatic heterocycles. The first-order valence-electron chi connectivity index (χ1n) is 9.47. The fourth-order valence-corrected chi connectivity index (χ4v) is 4.86. The van der Waals surface area contributed by atoms with Gasteiger partial charge in [-0.25, -0.2) is 12.7 Å². The molecule has 1 aromatic carbocycles. The average molecular weight is 431 g/mol. The minimum Gasteiger partial charge on any atom is -0.489 e. The first kappa shape index (κ1) is 21.4. The van der Waals surface area contributed by atoms with Gasteiger partial charge in [0.1, 0.15) is 11.9 Å². The molecule has 0 aliphatic carbocycles. The van der Waals surface area contributed by atoms with Crippen molar-refractivity contribution in [2.75, 3.05) is 46.2 Å². The Bertz CT molecular complexity index is 809. The van der Waals surface area contributed by atoms with Gasteiger partial charge in [-0.2, -0.15) is 0 Å². The number of sulfonamides is 1. The molecule has 2 saturated heterocycles. The van der Waals surface area contributed by atoms with Crippen molar-refractivity contribution in [3.05, 3.63) is 28.8 Å². The molecule has 1 aromatic rings. The number of rotatable bonds is 6. The van der Waals surface area contributed by atoms with Gasteiger partial charge in [-0.05, 0) is 37.5 Å². The van der Waals surface area contributed by atoms with Crippen LogP contribution in [0.3, 0.4) is 0 Å². The average Bonchev–Trinajstić information content (AvgIpc) is 3.11. The molecule has 0 spiro atoms. The molecule has 28 heavy (non-hydrogen) atoms. The topological polar surface area (TPSA) is 76.2 Å². The zero-order valence-electron chi connectivity index (χ0n) is 16.3. The van der Waals surface area contributed by atoms with Gasteiger partial charge in [0.05, 0.1) is 17.9 Å². The van der Waals surface area contributed by atoms with Gasteiger partial charge in [-0.3, -0.25) is 4.79 Å². The van der Waals surface area contributed by atoms with Crippen LogP contribution in [0.2, 0.25) is 5.02 Å². The van der Waals surface area contributed by atoms with Crippen LogP contribution < -0.4 is 4.74 Å². The molecule has 0 saturated carbocycles. The van der Waals surface area contributed by atoms with Gasteiger partial charge in [0.2, 0.25) is 10.0 Å². The van der Waals surface area contributed by atoms with Crippen LogP contribution >= 0.6 is 11.6 Å². The first-order valence-corrected chi connectivity index (χ1v) is 11.7.